The highest BCUT2D eigenvalue weighted by atomic mass is 35.5. The highest BCUT2D eigenvalue weighted by Gasteiger charge is 2.28. The third-order valence-corrected chi connectivity index (χ3v) is 2.99. The average Bonchev–Trinajstić information content (AvgIpc) is 3.04. The van der Waals surface area contributed by atoms with Crippen LogP contribution in [0, 0.1) is 11.6 Å². The van der Waals surface area contributed by atoms with E-state index in [1.807, 2.05) is 0 Å². The van der Waals surface area contributed by atoms with Crippen LogP contribution in [0.15, 0.2) is 18.2 Å². The number of halogens is 3. The fourth-order valence-corrected chi connectivity index (χ4v) is 2.02. The van der Waals surface area contributed by atoms with Crippen molar-refractivity contribution in [3.05, 3.63) is 35.4 Å². The van der Waals surface area contributed by atoms with Gasteiger partial charge in [0, 0.05) is 36.6 Å². The summed E-state index contributed by atoms with van der Waals surface area (Å²) >= 11 is 5.70. The summed E-state index contributed by atoms with van der Waals surface area (Å²) in [5, 5.41) is 0. The zero-order chi connectivity index (χ0) is 11.5. The second-order valence-corrected chi connectivity index (χ2v) is 4.50. The Morgan fingerprint density at radius 3 is 2.62 bits per heavy atom. The lowest BCUT2D eigenvalue weighted by atomic mass is 10.2. The van der Waals surface area contributed by atoms with E-state index in [0.717, 1.165) is 25.5 Å². The molecule has 1 aliphatic carbocycles. The fourth-order valence-electron chi connectivity index (χ4n) is 1.81. The van der Waals surface area contributed by atoms with E-state index < -0.39 is 11.6 Å². The van der Waals surface area contributed by atoms with Crippen LogP contribution in [0.1, 0.15) is 18.4 Å². The molecule has 0 aliphatic heterocycles. The zero-order valence-electron chi connectivity index (χ0n) is 8.93. The Kier molecular flexibility index (Phi) is 3.77. The predicted octanol–water partition coefficient (Wildman–Crippen LogP) is 3.17. The van der Waals surface area contributed by atoms with Gasteiger partial charge in [0.05, 0.1) is 0 Å². The van der Waals surface area contributed by atoms with Crippen LogP contribution in [0.3, 0.4) is 0 Å². The van der Waals surface area contributed by atoms with Gasteiger partial charge in [-0.2, -0.15) is 0 Å². The van der Waals surface area contributed by atoms with Gasteiger partial charge >= 0.3 is 0 Å². The molecular weight excluding hydrogens is 232 g/mol. The number of hydrogen-bond acceptors (Lipinski definition) is 1. The lowest BCUT2D eigenvalue weighted by molar-refractivity contribution is 0.267. The first-order valence-electron chi connectivity index (χ1n) is 5.44. The maximum absolute atomic E-state index is 13.4. The van der Waals surface area contributed by atoms with Crippen molar-refractivity contribution in [1.29, 1.82) is 0 Å². The first-order chi connectivity index (χ1) is 7.70. The molecule has 0 atom stereocenters. The standard InChI is InChI=1S/C12H14ClF2N/c13-5-6-16(11-3-4-11)8-9-1-2-10(14)7-12(9)15/h1-2,7,11H,3-6,8H2. The van der Waals surface area contributed by atoms with Gasteiger partial charge < -0.3 is 0 Å². The predicted molar refractivity (Wildman–Crippen MR) is 60.5 cm³/mol. The van der Waals surface area contributed by atoms with Crippen LogP contribution in [-0.2, 0) is 6.54 Å². The van der Waals surface area contributed by atoms with Crippen molar-refractivity contribution in [3.63, 3.8) is 0 Å². The Morgan fingerprint density at radius 2 is 2.06 bits per heavy atom. The molecule has 0 spiro atoms. The van der Waals surface area contributed by atoms with Crippen LogP contribution in [0.25, 0.3) is 0 Å². The Bertz CT molecular complexity index is 366. The van der Waals surface area contributed by atoms with Crippen LogP contribution < -0.4 is 0 Å². The lowest BCUT2D eigenvalue weighted by Crippen LogP contribution is -2.28. The molecule has 1 aliphatic rings. The molecule has 88 valence electrons. The summed E-state index contributed by atoms with van der Waals surface area (Å²) in [6.07, 6.45) is 2.30. The smallest absolute Gasteiger partial charge is 0.130 e. The van der Waals surface area contributed by atoms with Gasteiger partial charge in [0.2, 0.25) is 0 Å². The monoisotopic (exact) mass is 245 g/mol. The van der Waals surface area contributed by atoms with Crippen molar-refractivity contribution in [1.82, 2.24) is 4.90 Å². The minimum atomic E-state index is -0.531. The second-order valence-electron chi connectivity index (χ2n) is 4.13. The molecule has 0 amide bonds. The highest BCUT2D eigenvalue weighted by molar-refractivity contribution is 6.18. The first-order valence-corrected chi connectivity index (χ1v) is 5.98. The number of nitrogens with zero attached hydrogens (tertiary/aromatic N) is 1. The molecule has 4 heteroatoms. The van der Waals surface area contributed by atoms with Crippen LogP contribution >= 0.6 is 11.6 Å². The number of alkyl halides is 1. The van der Waals surface area contributed by atoms with E-state index in [-0.39, 0.29) is 0 Å². The summed E-state index contributed by atoms with van der Waals surface area (Å²) in [5.74, 6) is -0.462. The maximum Gasteiger partial charge on any atom is 0.130 e. The fraction of sp³-hybridized carbons (Fsp3) is 0.500. The molecule has 1 aromatic carbocycles. The first kappa shape index (κ1) is 11.8. The van der Waals surface area contributed by atoms with E-state index in [1.165, 1.54) is 12.1 Å². The van der Waals surface area contributed by atoms with E-state index >= 15 is 0 Å². The molecule has 1 nitrogen and oxygen atoms in total. The SMILES string of the molecule is Fc1ccc(CN(CCCl)C2CC2)c(F)c1. The Hall–Kier alpha value is -0.670. The van der Waals surface area contributed by atoms with Crippen molar-refractivity contribution >= 4 is 11.6 Å². The molecular formula is C12H14ClF2N. The summed E-state index contributed by atoms with van der Waals surface area (Å²) in [5.41, 5.74) is 0.540. The van der Waals surface area contributed by atoms with Gasteiger partial charge in [-0.25, -0.2) is 8.78 Å². The van der Waals surface area contributed by atoms with Gasteiger partial charge in [0.25, 0.3) is 0 Å². The topological polar surface area (TPSA) is 3.24 Å². The van der Waals surface area contributed by atoms with E-state index in [4.69, 9.17) is 11.6 Å². The average molecular weight is 246 g/mol. The van der Waals surface area contributed by atoms with Gasteiger partial charge in [0.15, 0.2) is 0 Å². The number of hydrogen-bond donors (Lipinski definition) is 0. The number of rotatable bonds is 5. The molecule has 2 rings (SSSR count). The summed E-state index contributed by atoms with van der Waals surface area (Å²) < 4.78 is 26.2. The summed E-state index contributed by atoms with van der Waals surface area (Å²) in [6.45, 7) is 1.27. The molecule has 0 saturated heterocycles. The zero-order valence-corrected chi connectivity index (χ0v) is 9.68. The quantitative estimate of drug-likeness (QED) is 0.721. The van der Waals surface area contributed by atoms with Crippen LogP contribution in [0.2, 0.25) is 0 Å². The van der Waals surface area contributed by atoms with Crippen LogP contribution in [0.4, 0.5) is 8.78 Å². The normalized spacial score (nSPS) is 15.8. The van der Waals surface area contributed by atoms with Crippen LogP contribution in [-0.4, -0.2) is 23.4 Å². The van der Waals surface area contributed by atoms with Crippen LogP contribution in [0.5, 0.6) is 0 Å². The van der Waals surface area contributed by atoms with Gasteiger partial charge in [-0.15, -0.1) is 11.6 Å². The lowest BCUT2D eigenvalue weighted by Gasteiger charge is -2.20. The van der Waals surface area contributed by atoms with Gasteiger partial charge in [-0.1, -0.05) is 6.07 Å². The molecule has 16 heavy (non-hydrogen) atoms. The molecule has 0 radical (unpaired) electrons. The molecule has 0 unspecified atom stereocenters. The summed E-state index contributed by atoms with van der Waals surface area (Å²) in [4.78, 5) is 2.16. The highest BCUT2D eigenvalue weighted by Crippen LogP contribution is 2.28. The molecule has 0 heterocycles. The Balaban J connectivity index is 2.05. The Morgan fingerprint density at radius 1 is 1.31 bits per heavy atom. The summed E-state index contributed by atoms with van der Waals surface area (Å²) in [7, 11) is 0. The van der Waals surface area contributed by atoms with Crippen molar-refractivity contribution in [2.75, 3.05) is 12.4 Å². The van der Waals surface area contributed by atoms with Gasteiger partial charge in [0.1, 0.15) is 11.6 Å². The molecule has 1 saturated carbocycles. The summed E-state index contributed by atoms with van der Waals surface area (Å²) in [6, 6.07) is 4.27. The molecule has 0 N–H and O–H groups in total. The molecule has 0 aromatic heterocycles. The van der Waals surface area contributed by atoms with E-state index in [0.29, 0.717) is 24.0 Å². The minimum absolute atomic E-state index is 0.472. The molecule has 1 fully saturated rings. The van der Waals surface area contributed by atoms with Crippen molar-refractivity contribution < 1.29 is 8.78 Å². The van der Waals surface area contributed by atoms with Crippen molar-refractivity contribution in [3.8, 4) is 0 Å². The third-order valence-electron chi connectivity index (χ3n) is 2.82. The number of benzene rings is 1. The largest absolute Gasteiger partial charge is 0.295 e. The van der Waals surface area contributed by atoms with Crippen molar-refractivity contribution in [2.24, 2.45) is 0 Å². The van der Waals surface area contributed by atoms with E-state index in [1.54, 1.807) is 0 Å². The van der Waals surface area contributed by atoms with Gasteiger partial charge in [-0.3, -0.25) is 4.90 Å². The van der Waals surface area contributed by atoms with Crippen molar-refractivity contribution in [2.45, 2.75) is 25.4 Å². The maximum atomic E-state index is 13.4. The van der Waals surface area contributed by atoms with Gasteiger partial charge in [-0.05, 0) is 18.9 Å². The molecule has 1 aromatic rings. The van der Waals surface area contributed by atoms with E-state index in [9.17, 15) is 8.78 Å². The minimum Gasteiger partial charge on any atom is -0.295 e. The third kappa shape index (κ3) is 2.92. The molecule has 0 bridgehead atoms. The Labute approximate surface area is 99.0 Å². The van der Waals surface area contributed by atoms with E-state index in [2.05, 4.69) is 4.90 Å². The second kappa shape index (κ2) is 5.11.